The monoisotopic (exact) mass is 274 g/mol. The molecule has 0 N–H and O–H groups in total. The minimum absolute atomic E-state index is 0.154. The molecule has 0 amide bonds. The molecule has 1 atom stereocenters. The van der Waals surface area contributed by atoms with Crippen LogP contribution in [0.4, 0.5) is 0 Å². The van der Waals surface area contributed by atoms with Gasteiger partial charge in [0.05, 0.1) is 0 Å². The molecule has 0 aromatic carbocycles. The smallest absolute Gasteiger partial charge is 0.343 e. The Labute approximate surface area is 116 Å². The van der Waals surface area contributed by atoms with Crippen LogP contribution in [0.1, 0.15) is 73.1 Å². The fourth-order valence-electron chi connectivity index (χ4n) is 2.50. The molecule has 2 nitrogen and oxygen atoms in total. The molecule has 0 aliphatic heterocycles. The second kappa shape index (κ2) is 9.11. The summed E-state index contributed by atoms with van der Waals surface area (Å²) in [5, 5.41) is 0.154. The Balaban J connectivity index is 4.17. The van der Waals surface area contributed by atoms with Gasteiger partial charge in [0.1, 0.15) is 0 Å². The summed E-state index contributed by atoms with van der Waals surface area (Å²) in [5.74, 6) is 0. The Morgan fingerprint density at radius 2 is 1.44 bits per heavy atom. The second-order valence-electron chi connectivity index (χ2n) is 6.16. The predicted octanol–water partition coefficient (Wildman–Crippen LogP) is 5.27. The van der Waals surface area contributed by atoms with Crippen molar-refractivity contribution in [3.05, 3.63) is 0 Å². The van der Waals surface area contributed by atoms with Crippen LogP contribution in [0.2, 0.25) is 11.1 Å². The highest BCUT2D eigenvalue weighted by molar-refractivity contribution is 6.70. The van der Waals surface area contributed by atoms with Crippen molar-refractivity contribution in [2.75, 3.05) is 13.7 Å². The minimum atomic E-state index is -2.04. The van der Waals surface area contributed by atoms with Crippen LogP contribution in [0.15, 0.2) is 0 Å². The van der Waals surface area contributed by atoms with E-state index in [9.17, 15) is 0 Å². The molecule has 0 spiro atoms. The summed E-state index contributed by atoms with van der Waals surface area (Å²) in [5.41, 5.74) is 0. The molecule has 0 fully saturated rings. The van der Waals surface area contributed by atoms with Crippen molar-refractivity contribution in [3.63, 3.8) is 0 Å². The van der Waals surface area contributed by atoms with E-state index in [-0.39, 0.29) is 5.04 Å². The molecule has 1 unspecified atom stereocenters. The summed E-state index contributed by atoms with van der Waals surface area (Å²) in [6.07, 6.45) is 8.00. The van der Waals surface area contributed by atoms with Gasteiger partial charge in [-0.1, -0.05) is 66.2 Å². The highest BCUT2D eigenvalue weighted by Gasteiger charge is 2.47. The molecule has 18 heavy (non-hydrogen) atoms. The van der Waals surface area contributed by atoms with Gasteiger partial charge in [-0.3, -0.25) is 0 Å². The Kier molecular flexibility index (Phi) is 9.18. The van der Waals surface area contributed by atoms with E-state index in [1.54, 1.807) is 0 Å². The van der Waals surface area contributed by atoms with Gasteiger partial charge in [-0.25, -0.2) is 0 Å². The van der Waals surface area contributed by atoms with E-state index in [0.29, 0.717) is 0 Å². The van der Waals surface area contributed by atoms with Gasteiger partial charge in [0, 0.05) is 18.8 Å². The van der Waals surface area contributed by atoms with Crippen molar-refractivity contribution >= 4 is 8.56 Å². The first-order valence-electron chi connectivity index (χ1n) is 7.62. The standard InChI is InChI=1S/C15H34O2Si/c1-7-9-10-11-12-13-14-18(16-6,17-8-2)15(3,4)5/h7-14H2,1-6H3. The third kappa shape index (κ3) is 5.85. The van der Waals surface area contributed by atoms with Gasteiger partial charge >= 0.3 is 8.56 Å². The minimum Gasteiger partial charge on any atom is -0.397 e. The molecule has 0 radical (unpaired) electrons. The molecule has 0 heterocycles. The second-order valence-corrected chi connectivity index (χ2v) is 10.4. The first-order valence-corrected chi connectivity index (χ1v) is 9.65. The summed E-state index contributed by atoms with van der Waals surface area (Å²) in [4.78, 5) is 0. The topological polar surface area (TPSA) is 18.5 Å². The molecule has 0 aromatic heterocycles. The summed E-state index contributed by atoms with van der Waals surface area (Å²) < 4.78 is 12.0. The maximum atomic E-state index is 6.09. The third-order valence-electron chi connectivity index (χ3n) is 3.71. The van der Waals surface area contributed by atoms with Crippen LogP contribution in [-0.2, 0) is 8.85 Å². The van der Waals surface area contributed by atoms with Gasteiger partial charge in [0.25, 0.3) is 0 Å². The lowest BCUT2D eigenvalue weighted by molar-refractivity contribution is 0.183. The first-order chi connectivity index (χ1) is 8.43. The zero-order valence-corrected chi connectivity index (χ0v) is 14.5. The van der Waals surface area contributed by atoms with Gasteiger partial charge in [-0.05, 0) is 13.0 Å². The quantitative estimate of drug-likeness (QED) is 0.399. The van der Waals surface area contributed by atoms with Crippen molar-refractivity contribution in [1.82, 2.24) is 0 Å². The van der Waals surface area contributed by atoms with Crippen LogP contribution < -0.4 is 0 Å². The van der Waals surface area contributed by atoms with Crippen LogP contribution in [0.25, 0.3) is 0 Å². The fraction of sp³-hybridized carbons (Fsp3) is 1.00. The lowest BCUT2D eigenvalue weighted by Crippen LogP contribution is -2.49. The summed E-state index contributed by atoms with van der Waals surface area (Å²) in [7, 11) is -0.202. The molecule has 0 saturated carbocycles. The number of rotatable bonds is 10. The maximum absolute atomic E-state index is 6.09. The molecule has 0 saturated heterocycles. The number of hydrogen-bond donors (Lipinski definition) is 0. The van der Waals surface area contributed by atoms with Crippen LogP contribution >= 0.6 is 0 Å². The fourth-order valence-corrected chi connectivity index (χ4v) is 5.95. The van der Waals surface area contributed by atoms with Crippen molar-refractivity contribution in [2.45, 2.75) is 84.2 Å². The predicted molar refractivity (Wildman–Crippen MR) is 82.3 cm³/mol. The Morgan fingerprint density at radius 3 is 1.89 bits per heavy atom. The summed E-state index contributed by atoms with van der Waals surface area (Å²) >= 11 is 0. The zero-order valence-electron chi connectivity index (χ0n) is 13.5. The van der Waals surface area contributed by atoms with Crippen molar-refractivity contribution < 1.29 is 8.85 Å². The highest BCUT2D eigenvalue weighted by atomic mass is 28.4. The van der Waals surface area contributed by atoms with Crippen LogP contribution in [0.3, 0.4) is 0 Å². The van der Waals surface area contributed by atoms with E-state index < -0.39 is 8.56 Å². The Hall–Kier alpha value is 0.137. The Morgan fingerprint density at radius 1 is 0.889 bits per heavy atom. The lowest BCUT2D eigenvalue weighted by Gasteiger charge is -2.39. The maximum Gasteiger partial charge on any atom is 0.343 e. The number of unbranched alkanes of at least 4 members (excludes halogenated alkanes) is 5. The molecule has 0 aliphatic rings. The zero-order chi connectivity index (χ0) is 14.1. The normalized spacial score (nSPS) is 15.7. The van der Waals surface area contributed by atoms with E-state index in [1.165, 1.54) is 38.5 Å². The molecular formula is C15H34O2Si. The molecule has 0 rings (SSSR count). The van der Waals surface area contributed by atoms with Crippen LogP contribution in [0, 0.1) is 0 Å². The molecule has 110 valence electrons. The van der Waals surface area contributed by atoms with Crippen LogP contribution in [-0.4, -0.2) is 22.3 Å². The van der Waals surface area contributed by atoms with E-state index in [2.05, 4.69) is 34.6 Å². The van der Waals surface area contributed by atoms with Crippen molar-refractivity contribution in [3.8, 4) is 0 Å². The van der Waals surface area contributed by atoms with E-state index in [1.807, 2.05) is 7.11 Å². The number of hydrogen-bond acceptors (Lipinski definition) is 2. The van der Waals surface area contributed by atoms with Crippen molar-refractivity contribution in [2.24, 2.45) is 0 Å². The van der Waals surface area contributed by atoms with E-state index in [4.69, 9.17) is 8.85 Å². The largest absolute Gasteiger partial charge is 0.397 e. The average Bonchev–Trinajstić information content (AvgIpc) is 2.30. The molecule has 0 bridgehead atoms. The molecule has 3 heteroatoms. The lowest BCUT2D eigenvalue weighted by atomic mass is 10.1. The highest BCUT2D eigenvalue weighted by Crippen LogP contribution is 2.41. The first kappa shape index (κ1) is 18.1. The van der Waals surface area contributed by atoms with Gasteiger partial charge in [0.2, 0.25) is 0 Å². The van der Waals surface area contributed by atoms with Crippen molar-refractivity contribution in [1.29, 1.82) is 0 Å². The van der Waals surface area contributed by atoms with Gasteiger partial charge in [0.15, 0.2) is 0 Å². The average molecular weight is 275 g/mol. The van der Waals surface area contributed by atoms with Gasteiger partial charge in [-0.15, -0.1) is 0 Å². The summed E-state index contributed by atoms with van der Waals surface area (Å²) in [6.45, 7) is 11.9. The SMILES string of the molecule is CCCCCCCC[Si](OC)(OCC)C(C)(C)C. The third-order valence-corrected chi connectivity index (χ3v) is 8.42. The molecule has 0 aliphatic carbocycles. The van der Waals surface area contributed by atoms with Crippen LogP contribution in [0.5, 0.6) is 0 Å². The van der Waals surface area contributed by atoms with Gasteiger partial charge in [-0.2, -0.15) is 0 Å². The van der Waals surface area contributed by atoms with E-state index >= 15 is 0 Å². The summed E-state index contributed by atoms with van der Waals surface area (Å²) in [6, 6.07) is 1.13. The van der Waals surface area contributed by atoms with Gasteiger partial charge < -0.3 is 8.85 Å². The molecular weight excluding hydrogens is 240 g/mol. The Bertz CT molecular complexity index is 201. The van der Waals surface area contributed by atoms with E-state index in [0.717, 1.165) is 12.7 Å². The molecule has 0 aromatic rings.